The molecule has 0 saturated carbocycles. The third-order valence-corrected chi connectivity index (χ3v) is 4.34. The van der Waals surface area contributed by atoms with E-state index in [-0.39, 0.29) is 0 Å². The van der Waals surface area contributed by atoms with Crippen LogP contribution in [0.25, 0.3) is 16.9 Å². The van der Waals surface area contributed by atoms with Crippen LogP contribution in [0.2, 0.25) is 5.02 Å². The van der Waals surface area contributed by atoms with Crippen molar-refractivity contribution in [1.29, 1.82) is 0 Å². The van der Waals surface area contributed by atoms with E-state index in [1.54, 1.807) is 0 Å². The molecule has 0 spiro atoms. The number of hydrogen-bond acceptors (Lipinski definition) is 4. The highest BCUT2D eigenvalue weighted by Gasteiger charge is 2.21. The minimum absolute atomic E-state index is 0.372. The summed E-state index contributed by atoms with van der Waals surface area (Å²) in [5, 5.41) is 17.5. The van der Waals surface area contributed by atoms with Crippen molar-refractivity contribution in [2.45, 2.75) is 18.8 Å². The van der Waals surface area contributed by atoms with Crippen molar-refractivity contribution >= 4 is 17.2 Å². The van der Waals surface area contributed by atoms with Gasteiger partial charge in [-0.25, -0.2) is 0 Å². The molecular weight excluding hydrogens is 298 g/mol. The molecule has 1 aliphatic heterocycles. The Hall–Kier alpha value is -1.98. The van der Waals surface area contributed by atoms with Gasteiger partial charge in [-0.1, -0.05) is 23.7 Å². The molecule has 4 rings (SSSR count). The van der Waals surface area contributed by atoms with Gasteiger partial charge in [0.25, 0.3) is 0 Å². The maximum atomic E-state index is 5.95. The minimum atomic E-state index is 0.372. The molecule has 0 unspecified atom stereocenters. The van der Waals surface area contributed by atoms with Crippen molar-refractivity contribution < 1.29 is 0 Å². The first kappa shape index (κ1) is 13.7. The van der Waals surface area contributed by atoms with Gasteiger partial charge in [-0.15, -0.1) is 10.2 Å². The van der Waals surface area contributed by atoms with Gasteiger partial charge in [-0.3, -0.25) is 0 Å². The quantitative estimate of drug-likeness (QED) is 0.790. The Morgan fingerprint density at radius 2 is 1.95 bits per heavy atom. The monoisotopic (exact) mass is 313 g/mol. The molecule has 6 heteroatoms. The molecule has 1 aromatic carbocycles. The lowest BCUT2D eigenvalue weighted by Gasteiger charge is -2.20. The van der Waals surface area contributed by atoms with Crippen molar-refractivity contribution in [3.63, 3.8) is 0 Å². The molecule has 5 nitrogen and oxygen atoms in total. The number of fused-ring (bicyclic) bond motifs is 1. The lowest BCUT2D eigenvalue weighted by atomic mass is 9.99. The van der Waals surface area contributed by atoms with Crippen LogP contribution in [0.3, 0.4) is 0 Å². The van der Waals surface area contributed by atoms with Crippen LogP contribution in [0.5, 0.6) is 0 Å². The van der Waals surface area contributed by atoms with E-state index in [0.717, 1.165) is 53.7 Å². The second-order valence-electron chi connectivity index (χ2n) is 5.60. The first-order chi connectivity index (χ1) is 10.8. The van der Waals surface area contributed by atoms with E-state index >= 15 is 0 Å². The summed E-state index contributed by atoms with van der Waals surface area (Å²) in [6, 6.07) is 11.6. The Morgan fingerprint density at radius 1 is 1.09 bits per heavy atom. The highest BCUT2D eigenvalue weighted by atomic mass is 35.5. The normalized spacial score (nSPS) is 18.7. The van der Waals surface area contributed by atoms with Crippen molar-refractivity contribution in [1.82, 2.24) is 25.1 Å². The van der Waals surface area contributed by atoms with Crippen LogP contribution in [-0.2, 0) is 0 Å². The van der Waals surface area contributed by atoms with Crippen LogP contribution < -0.4 is 5.32 Å². The third kappa shape index (κ3) is 2.46. The van der Waals surface area contributed by atoms with Gasteiger partial charge < -0.3 is 5.32 Å². The second kappa shape index (κ2) is 5.66. The summed E-state index contributed by atoms with van der Waals surface area (Å²) in [4.78, 5) is 0. The second-order valence-corrected chi connectivity index (χ2v) is 6.03. The molecule has 0 bridgehead atoms. The van der Waals surface area contributed by atoms with E-state index in [2.05, 4.69) is 15.5 Å². The smallest absolute Gasteiger partial charge is 0.177 e. The van der Waals surface area contributed by atoms with E-state index in [4.69, 9.17) is 16.7 Å². The molecule has 112 valence electrons. The largest absolute Gasteiger partial charge is 0.316 e. The fourth-order valence-corrected chi connectivity index (χ4v) is 3.03. The molecule has 3 aromatic rings. The van der Waals surface area contributed by atoms with Gasteiger partial charge in [0.1, 0.15) is 0 Å². The van der Waals surface area contributed by atoms with Crippen LogP contribution in [-0.4, -0.2) is 32.9 Å². The topological polar surface area (TPSA) is 55.1 Å². The van der Waals surface area contributed by atoms with Crippen molar-refractivity contribution in [2.24, 2.45) is 0 Å². The standard InChI is InChI=1S/C16H16ClN5/c17-13-5-3-11(4-6-13)14-7-8-15-19-20-16(22(15)21-14)12-2-1-9-18-10-12/h3-8,12,18H,1-2,9-10H2/t12-/m0/s1. The average molecular weight is 314 g/mol. The first-order valence-corrected chi connectivity index (χ1v) is 7.88. The number of halogens is 1. The molecule has 0 radical (unpaired) electrons. The zero-order chi connectivity index (χ0) is 14.9. The third-order valence-electron chi connectivity index (χ3n) is 4.09. The minimum Gasteiger partial charge on any atom is -0.316 e. The number of benzene rings is 1. The molecule has 1 N–H and O–H groups in total. The maximum absolute atomic E-state index is 5.95. The lowest BCUT2D eigenvalue weighted by Crippen LogP contribution is -2.29. The van der Waals surface area contributed by atoms with E-state index in [1.165, 1.54) is 0 Å². The Labute approximate surface area is 133 Å². The number of nitrogens with one attached hydrogen (secondary N) is 1. The van der Waals surface area contributed by atoms with Gasteiger partial charge in [0.15, 0.2) is 11.5 Å². The van der Waals surface area contributed by atoms with Gasteiger partial charge >= 0.3 is 0 Å². The Kier molecular flexibility index (Phi) is 3.52. The predicted molar refractivity (Wildman–Crippen MR) is 86.1 cm³/mol. The summed E-state index contributed by atoms with van der Waals surface area (Å²) in [5.41, 5.74) is 2.72. The predicted octanol–water partition coefficient (Wildman–Crippen LogP) is 2.91. The number of aromatic nitrogens is 4. The number of nitrogens with zero attached hydrogens (tertiary/aromatic N) is 4. The van der Waals surface area contributed by atoms with Gasteiger partial charge in [0.05, 0.1) is 5.69 Å². The van der Waals surface area contributed by atoms with E-state index in [9.17, 15) is 0 Å². The highest BCUT2D eigenvalue weighted by molar-refractivity contribution is 6.30. The number of hydrogen-bond donors (Lipinski definition) is 1. The molecule has 2 aromatic heterocycles. The SMILES string of the molecule is Clc1ccc(-c2ccc3nnc([C@H]4CCCNC4)n3n2)cc1. The van der Waals surface area contributed by atoms with Crippen LogP contribution in [0.1, 0.15) is 24.6 Å². The summed E-state index contributed by atoms with van der Waals surface area (Å²) in [7, 11) is 0. The fourth-order valence-electron chi connectivity index (χ4n) is 2.91. The fraction of sp³-hybridized carbons (Fsp3) is 0.312. The van der Waals surface area contributed by atoms with Crippen LogP contribution in [0.4, 0.5) is 0 Å². The van der Waals surface area contributed by atoms with Gasteiger partial charge in [0, 0.05) is 23.0 Å². The average Bonchev–Trinajstić information content (AvgIpc) is 2.99. The first-order valence-electron chi connectivity index (χ1n) is 7.50. The number of piperidine rings is 1. The molecule has 1 atom stereocenters. The summed E-state index contributed by atoms with van der Waals surface area (Å²) in [5.74, 6) is 1.31. The molecule has 0 amide bonds. The van der Waals surface area contributed by atoms with E-state index in [0.29, 0.717) is 5.92 Å². The summed E-state index contributed by atoms with van der Waals surface area (Å²) >= 11 is 5.95. The number of rotatable bonds is 2. The summed E-state index contributed by atoms with van der Waals surface area (Å²) < 4.78 is 1.88. The van der Waals surface area contributed by atoms with Crippen molar-refractivity contribution in [2.75, 3.05) is 13.1 Å². The molecule has 1 saturated heterocycles. The Bertz CT molecular complexity index is 790. The van der Waals surface area contributed by atoms with Crippen molar-refractivity contribution in [3.8, 4) is 11.3 Å². The highest BCUT2D eigenvalue weighted by Crippen LogP contribution is 2.24. The van der Waals surface area contributed by atoms with Crippen molar-refractivity contribution in [3.05, 3.63) is 47.2 Å². The molecule has 3 heterocycles. The van der Waals surface area contributed by atoms with Gasteiger partial charge in [-0.2, -0.15) is 9.61 Å². The van der Waals surface area contributed by atoms with Gasteiger partial charge in [0.2, 0.25) is 0 Å². The molecule has 22 heavy (non-hydrogen) atoms. The van der Waals surface area contributed by atoms with Gasteiger partial charge in [-0.05, 0) is 43.7 Å². The van der Waals surface area contributed by atoms with Crippen LogP contribution >= 0.6 is 11.6 Å². The zero-order valence-electron chi connectivity index (χ0n) is 12.0. The molecule has 0 aliphatic carbocycles. The van der Waals surface area contributed by atoms with Crippen LogP contribution in [0, 0.1) is 0 Å². The molecular formula is C16H16ClN5. The van der Waals surface area contributed by atoms with E-state index < -0.39 is 0 Å². The summed E-state index contributed by atoms with van der Waals surface area (Å²) in [6.45, 7) is 2.02. The Morgan fingerprint density at radius 3 is 2.73 bits per heavy atom. The molecule has 1 aliphatic rings. The summed E-state index contributed by atoms with van der Waals surface area (Å²) in [6.07, 6.45) is 2.29. The van der Waals surface area contributed by atoms with Crippen LogP contribution in [0.15, 0.2) is 36.4 Å². The maximum Gasteiger partial charge on any atom is 0.177 e. The molecule has 1 fully saturated rings. The zero-order valence-corrected chi connectivity index (χ0v) is 12.8. The Balaban J connectivity index is 1.77. The lowest BCUT2D eigenvalue weighted by molar-refractivity contribution is 0.440. The van der Waals surface area contributed by atoms with E-state index in [1.807, 2.05) is 40.9 Å².